The molecule has 2 aromatic rings. The van der Waals surface area contributed by atoms with Crippen LogP contribution in [0.4, 0.5) is 5.69 Å². The summed E-state index contributed by atoms with van der Waals surface area (Å²) < 4.78 is 5.36. The second kappa shape index (κ2) is 6.67. The van der Waals surface area contributed by atoms with E-state index in [0.29, 0.717) is 5.89 Å². The van der Waals surface area contributed by atoms with Crippen LogP contribution in [0.25, 0.3) is 0 Å². The van der Waals surface area contributed by atoms with E-state index in [4.69, 9.17) is 16.1 Å². The molecule has 0 saturated carbocycles. The van der Waals surface area contributed by atoms with Crippen molar-refractivity contribution in [3.05, 3.63) is 41.0 Å². The molecule has 0 spiro atoms. The Morgan fingerprint density at radius 1 is 1.23 bits per heavy atom. The van der Waals surface area contributed by atoms with E-state index in [9.17, 15) is 0 Å². The number of aromatic nitrogens is 2. The third-order valence-corrected chi connectivity index (χ3v) is 4.53. The third-order valence-electron chi connectivity index (χ3n) is 4.21. The lowest BCUT2D eigenvalue weighted by Crippen LogP contribution is -2.47. The molecule has 1 aliphatic heterocycles. The summed E-state index contributed by atoms with van der Waals surface area (Å²) in [5.74, 6) is 1.49. The first-order valence-electron chi connectivity index (χ1n) is 7.75. The maximum atomic E-state index is 6.28. The van der Waals surface area contributed by atoms with Crippen LogP contribution in [0.15, 0.2) is 28.8 Å². The van der Waals surface area contributed by atoms with Crippen molar-refractivity contribution in [3.8, 4) is 0 Å². The van der Waals surface area contributed by atoms with Crippen molar-refractivity contribution in [3.63, 3.8) is 0 Å². The SMILES string of the molecule is CCc1noc(C(C)N2CCN(c3ccccc3Cl)CC2)n1. The van der Waals surface area contributed by atoms with E-state index in [-0.39, 0.29) is 6.04 Å². The molecule has 0 amide bonds. The van der Waals surface area contributed by atoms with Gasteiger partial charge in [0.25, 0.3) is 0 Å². The average Bonchev–Trinajstić information content (AvgIpc) is 3.04. The van der Waals surface area contributed by atoms with Gasteiger partial charge in [-0.05, 0) is 19.1 Å². The Morgan fingerprint density at radius 2 is 1.95 bits per heavy atom. The highest BCUT2D eigenvalue weighted by Gasteiger charge is 2.26. The van der Waals surface area contributed by atoms with Crippen molar-refractivity contribution < 1.29 is 4.52 Å². The van der Waals surface area contributed by atoms with Gasteiger partial charge in [0, 0.05) is 32.6 Å². The molecule has 1 fully saturated rings. The smallest absolute Gasteiger partial charge is 0.243 e. The number of rotatable bonds is 4. The summed E-state index contributed by atoms with van der Waals surface area (Å²) in [5.41, 5.74) is 1.11. The molecule has 22 heavy (non-hydrogen) atoms. The number of hydrogen-bond acceptors (Lipinski definition) is 5. The molecule has 1 aliphatic rings. The largest absolute Gasteiger partial charge is 0.368 e. The van der Waals surface area contributed by atoms with Crippen LogP contribution in [-0.4, -0.2) is 41.2 Å². The van der Waals surface area contributed by atoms with E-state index >= 15 is 0 Å². The van der Waals surface area contributed by atoms with Gasteiger partial charge < -0.3 is 9.42 Å². The molecule has 6 heteroatoms. The second-order valence-corrected chi connectivity index (χ2v) is 5.96. The number of nitrogens with zero attached hydrogens (tertiary/aromatic N) is 4. The van der Waals surface area contributed by atoms with Gasteiger partial charge in [0.1, 0.15) is 0 Å². The van der Waals surface area contributed by atoms with Crippen LogP contribution in [0.1, 0.15) is 31.6 Å². The van der Waals surface area contributed by atoms with Crippen LogP contribution in [0, 0.1) is 0 Å². The summed E-state index contributed by atoms with van der Waals surface area (Å²) in [5, 5.41) is 4.80. The molecule has 1 atom stereocenters. The van der Waals surface area contributed by atoms with E-state index in [2.05, 4.69) is 32.9 Å². The summed E-state index contributed by atoms with van der Waals surface area (Å²) in [6.45, 7) is 7.96. The van der Waals surface area contributed by atoms with Crippen LogP contribution in [0.3, 0.4) is 0 Å². The molecule has 0 radical (unpaired) electrons. The molecule has 0 N–H and O–H groups in total. The normalized spacial score (nSPS) is 17.7. The fraction of sp³-hybridized carbons (Fsp3) is 0.500. The second-order valence-electron chi connectivity index (χ2n) is 5.55. The monoisotopic (exact) mass is 320 g/mol. The number of anilines is 1. The first-order valence-corrected chi connectivity index (χ1v) is 8.13. The fourth-order valence-electron chi connectivity index (χ4n) is 2.80. The molecule has 0 bridgehead atoms. The van der Waals surface area contributed by atoms with Crippen molar-refractivity contribution in [2.24, 2.45) is 0 Å². The summed E-state index contributed by atoms with van der Waals surface area (Å²) in [7, 11) is 0. The maximum Gasteiger partial charge on any atom is 0.243 e. The van der Waals surface area contributed by atoms with Gasteiger partial charge in [0.2, 0.25) is 5.89 Å². The van der Waals surface area contributed by atoms with Crippen LogP contribution >= 0.6 is 11.6 Å². The number of para-hydroxylation sites is 1. The summed E-state index contributed by atoms with van der Waals surface area (Å²) in [6.07, 6.45) is 0.802. The molecule has 2 heterocycles. The number of aryl methyl sites for hydroxylation is 1. The molecule has 1 aromatic carbocycles. The Balaban J connectivity index is 1.63. The standard InChI is InChI=1S/C16H21ClN4O/c1-3-15-18-16(22-19-15)12(2)20-8-10-21(11-9-20)14-7-5-4-6-13(14)17/h4-7,12H,3,8-11H2,1-2H3. The molecule has 0 aliphatic carbocycles. The van der Waals surface area contributed by atoms with Crippen LogP contribution < -0.4 is 4.90 Å². The van der Waals surface area contributed by atoms with Gasteiger partial charge in [-0.15, -0.1) is 0 Å². The van der Waals surface area contributed by atoms with E-state index in [1.807, 2.05) is 25.1 Å². The highest BCUT2D eigenvalue weighted by atomic mass is 35.5. The maximum absolute atomic E-state index is 6.28. The van der Waals surface area contributed by atoms with Crippen molar-refractivity contribution in [1.82, 2.24) is 15.0 Å². The number of hydrogen-bond donors (Lipinski definition) is 0. The number of halogens is 1. The van der Waals surface area contributed by atoms with Crippen molar-refractivity contribution in [1.29, 1.82) is 0 Å². The third kappa shape index (κ3) is 3.10. The molecule has 1 saturated heterocycles. The van der Waals surface area contributed by atoms with Crippen LogP contribution in [-0.2, 0) is 6.42 Å². The lowest BCUT2D eigenvalue weighted by molar-refractivity contribution is 0.164. The fourth-order valence-corrected chi connectivity index (χ4v) is 3.05. The quantitative estimate of drug-likeness (QED) is 0.866. The van der Waals surface area contributed by atoms with E-state index in [1.54, 1.807) is 0 Å². The molecular formula is C16H21ClN4O. The van der Waals surface area contributed by atoms with E-state index in [1.165, 1.54) is 0 Å². The Hall–Kier alpha value is -1.59. The lowest BCUT2D eigenvalue weighted by Gasteiger charge is -2.38. The van der Waals surface area contributed by atoms with Gasteiger partial charge in [-0.2, -0.15) is 4.98 Å². The first-order chi connectivity index (χ1) is 10.7. The zero-order chi connectivity index (χ0) is 15.5. The number of piperazine rings is 1. The highest BCUT2D eigenvalue weighted by molar-refractivity contribution is 6.33. The highest BCUT2D eigenvalue weighted by Crippen LogP contribution is 2.28. The summed E-state index contributed by atoms with van der Waals surface area (Å²) >= 11 is 6.28. The van der Waals surface area contributed by atoms with Gasteiger partial charge in [-0.1, -0.05) is 35.8 Å². The minimum absolute atomic E-state index is 0.154. The minimum atomic E-state index is 0.154. The number of benzene rings is 1. The topological polar surface area (TPSA) is 45.4 Å². The van der Waals surface area contributed by atoms with Gasteiger partial charge in [-0.3, -0.25) is 4.90 Å². The lowest BCUT2D eigenvalue weighted by atomic mass is 10.2. The molecular weight excluding hydrogens is 300 g/mol. The van der Waals surface area contributed by atoms with Gasteiger partial charge in [0.05, 0.1) is 16.8 Å². The van der Waals surface area contributed by atoms with Gasteiger partial charge in [0.15, 0.2) is 5.82 Å². The zero-order valence-electron chi connectivity index (χ0n) is 13.0. The Bertz CT molecular complexity index is 622. The molecule has 1 aromatic heterocycles. The Morgan fingerprint density at radius 3 is 2.59 bits per heavy atom. The summed E-state index contributed by atoms with van der Waals surface area (Å²) in [4.78, 5) is 9.15. The Labute approximate surface area is 135 Å². The molecule has 5 nitrogen and oxygen atoms in total. The average molecular weight is 321 g/mol. The van der Waals surface area contributed by atoms with E-state index in [0.717, 1.165) is 49.1 Å². The van der Waals surface area contributed by atoms with E-state index < -0.39 is 0 Å². The van der Waals surface area contributed by atoms with Crippen LogP contribution in [0.5, 0.6) is 0 Å². The van der Waals surface area contributed by atoms with Gasteiger partial charge >= 0.3 is 0 Å². The molecule has 118 valence electrons. The van der Waals surface area contributed by atoms with Gasteiger partial charge in [-0.25, -0.2) is 0 Å². The van der Waals surface area contributed by atoms with Crippen molar-refractivity contribution in [2.75, 3.05) is 31.1 Å². The first kappa shape index (κ1) is 15.3. The van der Waals surface area contributed by atoms with Crippen molar-refractivity contribution in [2.45, 2.75) is 26.3 Å². The summed E-state index contributed by atoms with van der Waals surface area (Å²) in [6, 6.07) is 8.16. The minimum Gasteiger partial charge on any atom is -0.368 e. The predicted octanol–water partition coefficient (Wildman–Crippen LogP) is 3.17. The van der Waals surface area contributed by atoms with Crippen molar-refractivity contribution >= 4 is 17.3 Å². The molecule has 1 unspecified atom stereocenters. The Kier molecular flexibility index (Phi) is 4.64. The predicted molar refractivity (Wildman–Crippen MR) is 87.3 cm³/mol. The molecule has 3 rings (SSSR count). The van der Waals surface area contributed by atoms with Crippen LogP contribution in [0.2, 0.25) is 5.02 Å². The zero-order valence-corrected chi connectivity index (χ0v) is 13.8.